The van der Waals surface area contributed by atoms with Crippen LogP contribution in [0.4, 0.5) is 4.39 Å². The Balaban J connectivity index is 2.05. The Hall–Kier alpha value is -1.87. The van der Waals surface area contributed by atoms with E-state index in [1.807, 2.05) is 26.0 Å². The molecule has 0 aliphatic carbocycles. The highest BCUT2D eigenvalue weighted by molar-refractivity contribution is 6.30. The Morgan fingerprint density at radius 3 is 2.23 bits per heavy atom. The highest BCUT2D eigenvalue weighted by Crippen LogP contribution is 2.22. The zero-order valence-electron chi connectivity index (χ0n) is 12.6. The van der Waals surface area contributed by atoms with E-state index in [9.17, 15) is 9.18 Å². The number of carbonyl (C=O) groups excluding carboxylic acids is 1. The minimum Gasteiger partial charge on any atom is -0.349 e. The second-order valence-electron chi connectivity index (χ2n) is 5.64. The van der Waals surface area contributed by atoms with Crippen molar-refractivity contribution in [2.24, 2.45) is 5.92 Å². The van der Waals surface area contributed by atoms with Crippen molar-refractivity contribution in [3.63, 3.8) is 0 Å². The molecule has 0 fully saturated rings. The molecule has 0 bridgehead atoms. The molecule has 1 N–H and O–H groups in total. The molecule has 0 aliphatic rings. The Morgan fingerprint density at radius 2 is 1.68 bits per heavy atom. The van der Waals surface area contributed by atoms with Gasteiger partial charge in [0.1, 0.15) is 5.82 Å². The Bertz CT molecular complexity index is 623. The summed E-state index contributed by atoms with van der Waals surface area (Å²) in [5.41, 5.74) is 1.81. The lowest BCUT2D eigenvalue weighted by Gasteiger charge is -2.23. The lowest BCUT2D eigenvalue weighted by Crippen LogP contribution is -2.32. The lowest BCUT2D eigenvalue weighted by molar-refractivity contribution is -0.121. The maximum atomic E-state index is 13.0. The highest BCUT2D eigenvalue weighted by Gasteiger charge is 2.18. The molecule has 1 amide bonds. The summed E-state index contributed by atoms with van der Waals surface area (Å²) >= 11 is 5.84. The smallest absolute Gasteiger partial charge is 0.224 e. The van der Waals surface area contributed by atoms with Crippen molar-refractivity contribution in [3.05, 3.63) is 70.5 Å². The van der Waals surface area contributed by atoms with Crippen molar-refractivity contribution in [3.8, 4) is 0 Å². The Labute approximate surface area is 135 Å². The van der Waals surface area contributed by atoms with E-state index >= 15 is 0 Å². The molecule has 4 heteroatoms. The SMILES string of the molecule is CC(C)[C@H](NC(=O)Cc1ccc(Cl)cc1)c1ccc(F)cc1. The van der Waals surface area contributed by atoms with E-state index in [0.717, 1.165) is 11.1 Å². The first-order chi connectivity index (χ1) is 10.5. The fourth-order valence-electron chi connectivity index (χ4n) is 2.32. The summed E-state index contributed by atoms with van der Waals surface area (Å²) in [5.74, 6) is -0.135. The predicted octanol–water partition coefficient (Wildman–Crippen LogP) is 4.54. The molecule has 1 atom stereocenters. The third-order valence-corrected chi connectivity index (χ3v) is 3.74. The summed E-state index contributed by atoms with van der Waals surface area (Å²) in [5, 5.41) is 3.67. The average Bonchev–Trinajstić information content (AvgIpc) is 2.48. The topological polar surface area (TPSA) is 29.1 Å². The van der Waals surface area contributed by atoms with E-state index in [1.54, 1.807) is 24.3 Å². The molecule has 2 nitrogen and oxygen atoms in total. The monoisotopic (exact) mass is 319 g/mol. The molecule has 0 heterocycles. The van der Waals surface area contributed by atoms with Crippen molar-refractivity contribution in [1.29, 1.82) is 0 Å². The van der Waals surface area contributed by atoms with E-state index in [2.05, 4.69) is 5.32 Å². The molecule has 116 valence electrons. The lowest BCUT2D eigenvalue weighted by atomic mass is 9.95. The van der Waals surface area contributed by atoms with Crippen molar-refractivity contribution in [2.45, 2.75) is 26.3 Å². The first-order valence-corrected chi connectivity index (χ1v) is 7.63. The Kier molecular flexibility index (Phi) is 5.56. The molecule has 2 aromatic rings. The number of rotatable bonds is 5. The summed E-state index contributed by atoms with van der Waals surface area (Å²) in [6, 6.07) is 13.3. The van der Waals surface area contributed by atoms with Crippen LogP contribution < -0.4 is 5.32 Å². The number of benzene rings is 2. The van der Waals surface area contributed by atoms with Gasteiger partial charge >= 0.3 is 0 Å². The van der Waals surface area contributed by atoms with Crippen LogP contribution in [0, 0.1) is 11.7 Å². The zero-order chi connectivity index (χ0) is 16.1. The summed E-state index contributed by atoms with van der Waals surface area (Å²) in [6.45, 7) is 4.05. The largest absolute Gasteiger partial charge is 0.349 e. The minimum atomic E-state index is -0.279. The van der Waals surface area contributed by atoms with Gasteiger partial charge in [0, 0.05) is 5.02 Å². The third-order valence-electron chi connectivity index (χ3n) is 3.49. The average molecular weight is 320 g/mol. The van der Waals surface area contributed by atoms with E-state index in [4.69, 9.17) is 11.6 Å². The number of hydrogen-bond donors (Lipinski definition) is 1. The summed E-state index contributed by atoms with van der Waals surface area (Å²) in [7, 11) is 0. The van der Waals surface area contributed by atoms with Gasteiger partial charge in [-0.25, -0.2) is 4.39 Å². The summed E-state index contributed by atoms with van der Waals surface area (Å²) < 4.78 is 13.0. The van der Waals surface area contributed by atoms with Crippen LogP contribution in [0.3, 0.4) is 0 Å². The zero-order valence-corrected chi connectivity index (χ0v) is 13.4. The second kappa shape index (κ2) is 7.41. The van der Waals surface area contributed by atoms with Gasteiger partial charge in [0.2, 0.25) is 5.91 Å². The van der Waals surface area contributed by atoms with E-state index in [1.165, 1.54) is 12.1 Å². The predicted molar refractivity (Wildman–Crippen MR) is 87.3 cm³/mol. The molecule has 22 heavy (non-hydrogen) atoms. The second-order valence-corrected chi connectivity index (χ2v) is 6.08. The molecular weight excluding hydrogens is 301 g/mol. The molecular formula is C18H19ClFNO. The fraction of sp³-hybridized carbons (Fsp3) is 0.278. The number of nitrogens with one attached hydrogen (secondary N) is 1. The normalized spacial score (nSPS) is 12.2. The van der Waals surface area contributed by atoms with E-state index in [0.29, 0.717) is 11.4 Å². The molecule has 2 rings (SSSR count). The first kappa shape index (κ1) is 16.5. The van der Waals surface area contributed by atoms with Gasteiger partial charge in [-0.1, -0.05) is 49.7 Å². The van der Waals surface area contributed by atoms with Crippen LogP contribution in [0.25, 0.3) is 0 Å². The fourth-order valence-corrected chi connectivity index (χ4v) is 2.44. The van der Waals surface area contributed by atoms with Crippen molar-refractivity contribution < 1.29 is 9.18 Å². The number of carbonyl (C=O) groups is 1. The van der Waals surface area contributed by atoms with Gasteiger partial charge in [-0.05, 0) is 41.3 Å². The molecule has 0 radical (unpaired) electrons. The van der Waals surface area contributed by atoms with Crippen LogP contribution in [0.15, 0.2) is 48.5 Å². The number of amides is 1. The van der Waals surface area contributed by atoms with Crippen LogP contribution in [-0.2, 0) is 11.2 Å². The van der Waals surface area contributed by atoms with Crippen LogP contribution >= 0.6 is 11.6 Å². The van der Waals surface area contributed by atoms with Crippen LogP contribution in [0.5, 0.6) is 0 Å². The van der Waals surface area contributed by atoms with Crippen molar-refractivity contribution in [1.82, 2.24) is 5.32 Å². The molecule has 0 aliphatic heterocycles. The molecule has 0 spiro atoms. The van der Waals surface area contributed by atoms with Gasteiger partial charge in [-0.15, -0.1) is 0 Å². The van der Waals surface area contributed by atoms with Gasteiger partial charge in [-0.2, -0.15) is 0 Å². The first-order valence-electron chi connectivity index (χ1n) is 7.25. The summed E-state index contributed by atoms with van der Waals surface area (Å²) in [4.78, 5) is 12.2. The van der Waals surface area contributed by atoms with E-state index in [-0.39, 0.29) is 23.7 Å². The Morgan fingerprint density at radius 1 is 1.09 bits per heavy atom. The highest BCUT2D eigenvalue weighted by atomic mass is 35.5. The van der Waals surface area contributed by atoms with Gasteiger partial charge in [0.15, 0.2) is 0 Å². The maximum Gasteiger partial charge on any atom is 0.224 e. The van der Waals surface area contributed by atoms with Crippen molar-refractivity contribution in [2.75, 3.05) is 0 Å². The number of halogens is 2. The van der Waals surface area contributed by atoms with E-state index < -0.39 is 0 Å². The van der Waals surface area contributed by atoms with Gasteiger partial charge in [0.25, 0.3) is 0 Å². The molecule has 0 saturated heterocycles. The summed E-state index contributed by atoms with van der Waals surface area (Å²) in [6.07, 6.45) is 0.293. The minimum absolute atomic E-state index is 0.0645. The molecule has 2 aromatic carbocycles. The number of hydrogen-bond acceptors (Lipinski definition) is 1. The standard InChI is InChI=1S/C18H19ClFNO/c1-12(2)18(14-5-9-16(20)10-6-14)21-17(22)11-13-3-7-15(19)8-4-13/h3-10,12,18H,11H2,1-2H3,(H,21,22)/t18-/m0/s1. The molecule has 0 saturated carbocycles. The van der Waals surface area contributed by atoms with Gasteiger partial charge in [0.05, 0.1) is 12.5 Å². The van der Waals surface area contributed by atoms with Crippen molar-refractivity contribution >= 4 is 17.5 Å². The quantitative estimate of drug-likeness (QED) is 0.861. The van der Waals surface area contributed by atoms with Crippen LogP contribution in [0.2, 0.25) is 5.02 Å². The van der Waals surface area contributed by atoms with Crippen LogP contribution in [-0.4, -0.2) is 5.91 Å². The van der Waals surface area contributed by atoms with Gasteiger partial charge < -0.3 is 5.32 Å². The molecule has 0 aromatic heterocycles. The maximum absolute atomic E-state index is 13.0. The molecule has 0 unspecified atom stereocenters. The van der Waals surface area contributed by atoms with Gasteiger partial charge in [-0.3, -0.25) is 4.79 Å². The van der Waals surface area contributed by atoms with Crippen LogP contribution in [0.1, 0.15) is 31.0 Å². The third kappa shape index (κ3) is 4.57.